The summed E-state index contributed by atoms with van der Waals surface area (Å²) in [7, 11) is 0. The molecule has 0 aliphatic heterocycles. The zero-order chi connectivity index (χ0) is 7.98. The van der Waals surface area contributed by atoms with Crippen molar-refractivity contribution in [2.45, 2.75) is 12.5 Å². The van der Waals surface area contributed by atoms with Gasteiger partial charge in [0, 0.05) is 0 Å². The number of rotatable bonds is 5. The number of hydrazine groups is 1. The molecule has 0 fully saturated rings. The quantitative estimate of drug-likeness (QED) is 0.383. The van der Waals surface area contributed by atoms with Crippen molar-refractivity contribution < 1.29 is 9.90 Å². The van der Waals surface area contributed by atoms with E-state index >= 15 is 0 Å². The number of aliphatic carboxylic acids is 1. The second-order valence-electron chi connectivity index (χ2n) is 1.84. The highest BCUT2D eigenvalue weighted by Gasteiger charge is 2.13. The van der Waals surface area contributed by atoms with Crippen LogP contribution < -0.4 is 11.3 Å². The van der Waals surface area contributed by atoms with E-state index in [1.165, 1.54) is 0 Å². The van der Waals surface area contributed by atoms with Crippen LogP contribution in [0.1, 0.15) is 6.42 Å². The van der Waals surface area contributed by atoms with E-state index in [4.69, 9.17) is 10.9 Å². The fourth-order valence-corrected chi connectivity index (χ4v) is 0.985. The standard InChI is InChI=1S/C5H12N2O2S/c1-10-3-2-4(7-6)5(8)9/h4,7H,2-3,6H2,1H3,(H,8,9)/t4-/m0/s1. The minimum absolute atomic E-state index is 0.562. The van der Waals surface area contributed by atoms with Crippen LogP contribution in [0, 0.1) is 0 Å². The van der Waals surface area contributed by atoms with Crippen molar-refractivity contribution in [2.24, 2.45) is 5.84 Å². The van der Waals surface area contributed by atoms with Gasteiger partial charge >= 0.3 is 5.97 Å². The number of hydrogen-bond acceptors (Lipinski definition) is 4. The van der Waals surface area contributed by atoms with Crippen LogP contribution in [0.2, 0.25) is 0 Å². The highest BCUT2D eigenvalue weighted by Crippen LogP contribution is 1.99. The first-order chi connectivity index (χ1) is 4.72. The van der Waals surface area contributed by atoms with Gasteiger partial charge in [-0.1, -0.05) is 0 Å². The van der Waals surface area contributed by atoms with Crippen LogP contribution >= 0.6 is 11.8 Å². The number of carboxylic acid groups (broad SMARTS) is 1. The molecule has 0 saturated heterocycles. The molecule has 60 valence electrons. The molecular weight excluding hydrogens is 152 g/mol. The molecule has 0 heterocycles. The second kappa shape index (κ2) is 5.52. The van der Waals surface area contributed by atoms with Crippen LogP contribution in [0.25, 0.3) is 0 Å². The van der Waals surface area contributed by atoms with E-state index in [0.29, 0.717) is 6.42 Å². The van der Waals surface area contributed by atoms with E-state index in [-0.39, 0.29) is 0 Å². The SMILES string of the molecule is CSCC[C@H](NN)C(=O)O. The Morgan fingerprint density at radius 3 is 2.80 bits per heavy atom. The molecule has 4 nitrogen and oxygen atoms in total. The fraction of sp³-hybridized carbons (Fsp3) is 0.800. The van der Waals surface area contributed by atoms with Gasteiger partial charge in [0.05, 0.1) is 0 Å². The van der Waals surface area contributed by atoms with Crippen LogP contribution in [-0.2, 0) is 4.79 Å². The Morgan fingerprint density at radius 2 is 2.50 bits per heavy atom. The van der Waals surface area contributed by atoms with Gasteiger partial charge in [-0.3, -0.25) is 10.6 Å². The minimum atomic E-state index is -0.892. The molecule has 0 saturated carbocycles. The molecule has 0 aliphatic rings. The zero-order valence-corrected chi connectivity index (χ0v) is 6.65. The molecular formula is C5H12N2O2S. The number of thioether (sulfide) groups is 1. The van der Waals surface area contributed by atoms with Crippen molar-refractivity contribution >= 4 is 17.7 Å². The van der Waals surface area contributed by atoms with E-state index in [0.717, 1.165) is 5.75 Å². The van der Waals surface area contributed by atoms with Crippen molar-refractivity contribution in [2.75, 3.05) is 12.0 Å². The van der Waals surface area contributed by atoms with Crippen molar-refractivity contribution in [1.29, 1.82) is 0 Å². The third kappa shape index (κ3) is 3.71. The maximum atomic E-state index is 10.3. The summed E-state index contributed by atoms with van der Waals surface area (Å²) in [5.41, 5.74) is 2.22. The second-order valence-corrected chi connectivity index (χ2v) is 2.82. The summed E-state index contributed by atoms with van der Waals surface area (Å²) in [4.78, 5) is 10.3. The lowest BCUT2D eigenvalue weighted by Gasteiger charge is -2.08. The fourth-order valence-electron chi connectivity index (χ4n) is 0.514. The monoisotopic (exact) mass is 164 g/mol. The molecule has 0 aromatic heterocycles. The number of nitrogens with two attached hydrogens (primary N) is 1. The summed E-state index contributed by atoms with van der Waals surface area (Å²) in [6, 6.07) is -0.604. The third-order valence-corrected chi connectivity index (χ3v) is 1.75. The summed E-state index contributed by atoms with van der Waals surface area (Å²) in [5, 5.41) is 8.45. The summed E-state index contributed by atoms with van der Waals surface area (Å²) in [6.07, 6.45) is 2.49. The molecule has 0 aromatic carbocycles. The summed E-state index contributed by atoms with van der Waals surface area (Å²) < 4.78 is 0. The Kier molecular flexibility index (Phi) is 5.38. The highest BCUT2D eigenvalue weighted by atomic mass is 32.2. The molecule has 0 aliphatic carbocycles. The molecule has 0 bridgehead atoms. The van der Waals surface area contributed by atoms with Gasteiger partial charge in [0.1, 0.15) is 6.04 Å². The van der Waals surface area contributed by atoms with Crippen molar-refractivity contribution in [1.82, 2.24) is 5.43 Å². The van der Waals surface area contributed by atoms with E-state index < -0.39 is 12.0 Å². The summed E-state index contributed by atoms with van der Waals surface area (Å²) >= 11 is 1.60. The van der Waals surface area contributed by atoms with Crippen LogP contribution in [-0.4, -0.2) is 29.1 Å². The van der Waals surface area contributed by atoms with Crippen LogP contribution in [0.3, 0.4) is 0 Å². The maximum Gasteiger partial charge on any atom is 0.322 e. The minimum Gasteiger partial charge on any atom is -0.480 e. The van der Waals surface area contributed by atoms with Gasteiger partial charge in [0.25, 0.3) is 0 Å². The van der Waals surface area contributed by atoms with Gasteiger partial charge < -0.3 is 5.11 Å². The molecule has 0 rings (SSSR count). The first-order valence-electron chi connectivity index (χ1n) is 2.90. The van der Waals surface area contributed by atoms with Crippen molar-refractivity contribution in [3.8, 4) is 0 Å². The average molecular weight is 164 g/mol. The summed E-state index contributed by atoms with van der Waals surface area (Å²) in [5.74, 6) is 4.89. The number of carbonyl (C=O) groups is 1. The molecule has 0 amide bonds. The molecule has 0 unspecified atom stereocenters. The van der Waals surface area contributed by atoms with Gasteiger partial charge in [0.2, 0.25) is 0 Å². The number of nitrogens with one attached hydrogen (secondary N) is 1. The molecule has 0 aromatic rings. The van der Waals surface area contributed by atoms with E-state index in [1.807, 2.05) is 6.26 Å². The van der Waals surface area contributed by atoms with E-state index in [9.17, 15) is 4.79 Å². The van der Waals surface area contributed by atoms with Crippen molar-refractivity contribution in [3.63, 3.8) is 0 Å². The van der Waals surface area contributed by atoms with Gasteiger partial charge in [-0.25, -0.2) is 5.43 Å². The molecule has 10 heavy (non-hydrogen) atoms. The maximum absolute atomic E-state index is 10.3. The lowest BCUT2D eigenvalue weighted by molar-refractivity contribution is -0.139. The van der Waals surface area contributed by atoms with Crippen LogP contribution in [0.15, 0.2) is 0 Å². The van der Waals surface area contributed by atoms with E-state index in [2.05, 4.69) is 5.43 Å². The predicted octanol–water partition coefficient (Wildman–Crippen LogP) is -0.344. The Labute approximate surface area is 64.1 Å². The van der Waals surface area contributed by atoms with Gasteiger partial charge in [-0.15, -0.1) is 0 Å². The Bertz CT molecular complexity index is 110. The normalized spacial score (nSPS) is 13.0. The predicted molar refractivity (Wildman–Crippen MR) is 41.7 cm³/mol. The first kappa shape index (κ1) is 9.74. The Balaban J connectivity index is 3.50. The average Bonchev–Trinajstić information content (AvgIpc) is 1.89. The number of carboxylic acids is 1. The van der Waals surface area contributed by atoms with Gasteiger partial charge in [-0.05, 0) is 18.4 Å². The Hall–Kier alpha value is -0.260. The van der Waals surface area contributed by atoms with Crippen LogP contribution in [0.5, 0.6) is 0 Å². The lowest BCUT2D eigenvalue weighted by atomic mass is 10.2. The van der Waals surface area contributed by atoms with Crippen molar-refractivity contribution in [3.05, 3.63) is 0 Å². The number of hydrogen-bond donors (Lipinski definition) is 3. The first-order valence-corrected chi connectivity index (χ1v) is 4.29. The third-order valence-electron chi connectivity index (χ3n) is 1.11. The molecule has 0 spiro atoms. The molecule has 1 atom stereocenters. The smallest absolute Gasteiger partial charge is 0.322 e. The zero-order valence-electron chi connectivity index (χ0n) is 5.83. The van der Waals surface area contributed by atoms with Gasteiger partial charge in [-0.2, -0.15) is 11.8 Å². The van der Waals surface area contributed by atoms with E-state index in [1.54, 1.807) is 11.8 Å². The van der Waals surface area contributed by atoms with Gasteiger partial charge in [0.15, 0.2) is 0 Å². The van der Waals surface area contributed by atoms with Crippen LogP contribution in [0.4, 0.5) is 0 Å². The molecule has 5 heteroatoms. The summed E-state index contributed by atoms with van der Waals surface area (Å²) in [6.45, 7) is 0. The largest absolute Gasteiger partial charge is 0.480 e. The molecule has 0 radical (unpaired) electrons. The Morgan fingerprint density at radius 1 is 1.90 bits per heavy atom. The molecule has 4 N–H and O–H groups in total. The highest BCUT2D eigenvalue weighted by molar-refractivity contribution is 7.98. The lowest BCUT2D eigenvalue weighted by Crippen LogP contribution is -2.41. The topological polar surface area (TPSA) is 75.3 Å².